The molecule has 0 aromatic rings. The van der Waals surface area contributed by atoms with Crippen LogP contribution in [0.1, 0.15) is 53.4 Å². The molecule has 2 saturated carbocycles. The Labute approximate surface area is 168 Å². The predicted octanol–water partition coefficient (Wildman–Crippen LogP) is 2.83. The Bertz CT molecular complexity index is 694. The highest BCUT2D eigenvalue weighted by atomic mass is 32.2. The number of carbonyl (C=O) groups is 1. The van der Waals surface area contributed by atoms with Crippen LogP contribution in [-0.2, 0) is 14.6 Å². The van der Waals surface area contributed by atoms with E-state index in [1.54, 1.807) is 4.90 Å². The Hall–Kier alpha value is -0.600. The van der Waals surface area contributed by atoms with E-state index in [-0.39, 0.29) is 29.0 Å². The average molecular weight is 419 g/mol. The summed E-state index contributed by atoms with van der Waals surface area (Å²) in [5, 5.41) is 0. The van der Waals surface area contributed by atoms with Crippen LogP contribution in [0.4, 0.5) is 0 Å². The number of nitrogens with zero attached hydrogens (tertiary/aromatic N) is 2. The van der Waals surface area contributed by atoms with Gasteiger partial charge >= 0.3 is 0 Å². The average Bonchev–Trinajstić information content (AvgIpc) is 3.48. The minimum Gasteiger partial charge on any atom is -0.359 e. The van der Waals surface area contributed by atoms with Crippen molar-refractivity contribution < 1.29 is 13.2 Å². The fourth-order valence-electron chi connectivity index (χ4n) is 2.97. The molecule has 2 rings (SSSR count). The van der Waals surface area contributed by atoms with Crippen molar-refractivity contribution in [2.24, 2.45) is 10.8 Å². The van der Waals surface area contributed by atoms with Gasteiger partial charge in [-0.3, -0.25) is 4.79 Å². The highest BCUT2D eigenvalue weighted by Crippen LogP contribution is 2.48. The van der Waals surface area contributed by atoms with Gasteiger partial charge in [0.2, 0.25) is 0 Å². The number of Topliss-reactive ketones (excluding diaryl/α,β-unsaturated/α-hetero) is 1. The summed E-state index contributed by atoms with van der Waals surface area (Å²) in [6, 6.07) is 0. The predicted molar refractivity (Wildman–Crippen MR) is 113 cm³/mol. The second-order valence-electron chi connectivity index (χ2n) is 8.16. The third-order valence-electron chi connectivity index (χ3n) is 5.47. The highest BCUT2D eigenvalue weighted by molar-refractivity contribution is 7.92. The van der Waals surface area contributed by atoms with Gasteiger partial charge in [-0.25, -0.2) is 8.42 Å². The van der Waals surface area contributed by atoms with E-state index in [9.17, 15) is 13.2 Å². The van der Waals surface area contributed by atoms with Crippen molar-refractivity contribution in [2.75, 3.05) is 31.3 Å². The molecule has 0 spiro atoms. The first-order valence-electron chi connectivity index (χ1n) is 9.27. The van der Waals surface area contributed by atoms with Crippen LogP contribution in [0.2, 0.25) is 0 Å². The molecule has 148 valence electrons. The number of hydrogen-bond donors (Lipinski definition) is 0. The number of thiocarbonyl (C=S) groups is 2. The molecule has 8 heteroatoms. The first kappa shape index (κ1) is 21.7. The zero-order chi connectivity index (χ0) is 19.8. The van der Waals surface area contributed by atoms with Gasteiger partial charge in [-0.15, -0.1) is 0 Å². The van der Waals surface area contributed by atoms with Crippen molar-refractivity contribution in [1.82, 2.24) is 9.80 Å². The van der Waals surface area contributed by atoms with Crippen molar-refractivity contribution in [3.63, 3.8) is 0 Å². The van der Waals surface area contributed by atoms with Gasteiger partial charge in [0.25, 0.3) is 0 Å². The van der Waals surface area contributed by atoms with Crippen LogP contribution in [0.25, 0.3) is 0 Å². The van der Waals surface area contributed by atoms with Gasteiger partial charge in [0.1, 0.15) is 11.6 Å². The Morgan fingerprint density at radius 2 is 1.35 bits per heavy atom. The van der Waals surface area contributed by atoms with Crippen LogP contribution >= 0.6 is 24.4 Å². The molecule has 2 aliphatic carbocycles. The van der Waals surface area contributed by atoms with Crippen molar-refractivity contribution in [2.45, 2.75) is 53.4 Å². The second kappa shape index (κ2) is 7.80. The fraction of sp³-hybridized carbons (Fsp3) is 0.833. The molecule has 0 saturated heterocycles. The van der Waals surface area contributed by atoms with Gasteiger partial charge in [-0.1, -0.05) is 38.3 Å². The lowest BCUT2D eigenvalue weighted by molar-refractivity contribution is -0.117. The summed E-state index contributed by atoms with van der Waals surface area (Å²) in [6.45, 7) is 9.20. The lowest BCUT2D eigenvalue weighted by atomic mass is 10.1. The molecule has 26 heavy (non-hydrogen) atoms. The number of ketones is 1. The summed E-state index contributed by atoms with van der Waals surface area (Å²) in [6.07, 6.45) is 4.08. The fourth-order valence-corrected chi connectivity index (χ4v) is 5.31. The van der Waals surface area contributed by atoms with Gasteiger partial charge in [-0.2, -0.15) is 0 Å². The molecule has 0 amide bonds. The maximum atomic E-state index is 12.5. The Kier molecular flexibility index (Phi) is 6.51. The topological polar surface area (TPSA) is 57.7 Å². The van der Waals surface area contributed by atoms with Gasteiger partial charge in [0, 0.05) is 23.9 Å². The number of sulfone groups is 1. The van der Waals surface area contributed by atoms with E-state index in [2.05, 4.69) is 13.8 Å². The molecular formula is C18H30N2O3S3. The summed E-state index contributed by atoms with van der Waals surface area (Å²) in [5.74, 6) is -0.950. The van der Waals surface area contributed by atoms with Gasteiger partial charge < -0.3 is 9.80 Å². The van der Waals surface area contributed by atoms with E-state index in [0.717, 1.165) is 30.7 Å². The minimum absolute atomic E-state index is 0.00933. The molecule has 0 heterocycles. The van der Waals surface area contributed by atoms with E-state index >= 15 is 0 Å². The largest absolute Gasteiger partial charge is 0.359 e. The third kappa shape index (κ3) is 5.23. The number of carbonyl (C=O) groups excluding carboxylic acids is 1. The molecule has 0 bridgehead atoms. The second-order valence-corrected chi connectivity index (χ2v) is 11.0. The standard InChI is InChI=1S/C18H30N2O3S3/c1-5-19(15(24)17(3)7-8-17)11-14(21)12-26(22,23)13-20(6-2)16(25)18(4)9-10-18/h5-13H2,1-4H3. The lowest BCUT2D eigenvalue weighted by Gasteiger charge is -2.28. The molecule has 0 radical (unpaired) electrons. The molecule has 0 aliphatic heterocycles. The zero-order valence-electron chi connectivity index (χ0n) is 16.2. The molecular weight excluding hydrogens is 388 g/mol. The molecule has 5 nitrogen and oxygen atoms in total. The molecule has 0 unspecified atom stereocenters. The van der Waals surface area contributed by atoms with E-state index in [0.29, 0.717) is 18.1 Å². The Balaban J connectivity index is 1.93. The summed E-state index contributed by atoms with van der Waals surface area (Å²) in [5.41, 5.74) is -0.0365. The highest BCUT2D eigenvalue weighted by Gasteiger charge is 2.45. The SMILES string of the molecule is CCN(CC(=O)CS(=O)(=O)CN(CC)C(=S)C1(C)CC1)C(=S)C1(C)CC1. The van der Waals surface area contributed by atoms with Crippen molar-refractivity contribution in [1.29, 1.82) is 0 Å². The third-order valence-corrected chi connectivity index (χ3v) is 8.44. The summed E-state index contributed by atoms with van der Waals surface area (Å²) < 4.78 is 25.1. The summed E-state index contributed by atoms with van der Waals surface area (Å²) >= 11 is 11.0. The zero-order valence-corrected chi connectivity index (χ0v) is 18.7. The molecule has 0 aromatic heterocycles. The normalized spacial score (nSPS) is 19.5. The van der Waals surface area contributed by atoms with E-state index in [1.807, 2.05) is 18.7 Å². The van der Waals surface area contributed by atoms with Crippen LogP contribution in [0, 0.1) is 10.8 Å². The number of hydrogen-bond acceptors (Lipinski definition) is 5. The van der Waals surface area contributed by atoms with Crippen LogP contribution in [-0.4, -0.2) is 65.2 Å². The first-order valence-corrected chi connectivity index (χ1v) is 11.9. The molecule has 0 atom stereocenters. The molecule has 2 aliphatic rings. The monoisotopic (exact) mass is 418 g/mol. The van der Waals surface area contributed by atoms with Crippen LogP contribution in [0.3, 0.4) is 0 Å². The Morgan fingerprint density at radius 3 is 1.73 bits per heavy atom. The summed E-state index contributed by atoms with van der Waals surface area (Å²) in [7, 11) is -3.55. The number of rotatable bonds is 10. The maximum absolute atomic E-state index is 12.5. The summed E-state index contributed by atoms with van der Waals surface area (Å²) in [4.78, 5) is 17.4. The smallest absolute Gasteiger partial charge is 0.175 e. The van der Waals surface area contributed by atoms with Gasteiger partial charge in [0.05, 0.1) is 16.5 Å². The minimum atomic E-state index is -3.55. The maximum Gasteiger partial charge on any atom is 0.175 e. The van der Waals surface area contributed by atoms with Crippen LogP contribution in [0.15, 0.2) is 0 Å². The van der Waals surface area contributed by atoms with E-state index in [1.165, 1.54) is 0 Å². The van der Waals surface area contributed by atoms with E-state index < -0.39 is 15.6 Å². The van der Waals surface area contributed by atoms with Crippen molar-refractivity contribution >= 4 is 50.0 Å². The quantitative estimate of drug-likeness (QED) is 0.506. The van der Waals surface area contributed by atoms with Gasteiger partial charge in [-0.05, 0) is 39.5 Å². The van der Waals surface area contributed by atoms with Crippen LogP contribution < -0.4 is 0 Å². The molecule has 0 aromatic carbocycles. The lowest BCUT2D eigenvalue weighted by Crippen LogP contribution is -2.42. The van der Waals surface area contributed by atoms with E-state index in [4.69, 9.17) is 24.4 Å². The van der Waals surface area contributed by atoms with Crippen molar-refractivity contribution in [3.05, 3.63) is 0 Å². The molecule has 2 fully saturated rings. The molecule has 0 N–H and O–H groups in total. The van der Waals surface area contributed by atoms with Crippen LogP contribution in [0.5, 0.6) is 0 Å². The van der Waals surface area contributed by atoms with Crippen molar-refractivity contribution in [3.8, 4) is 0 Å². The first-order chi connectivity index (χ1) is 12.0. The number of likely N-dealkylation sites (N-methyl/N-ethyl adjacent to an activating group) is 1. The Morgan fingerprint density at radius 1 is 0.923 bits per heavy atom. The van der Waals surface area contributed by atoms with Gasteiger partial charge in [0.15, 0.2) is 15.6 Å².